The number of pyridine rings is 1. The van der Waals surface area contributed by atoms with Crippen molar-refractivity contribution in [3.63, 3.8) is 0 Å². The van der Waals surface area contributed by atoms with Crippen LogP contribution in [0.5, 0.6) is 0 Å². The van der Waals surface area contributed by atoms with Gasteiger partial charge in [-0.3, -0.25) is 14.4 Å². The molecule has 198 valence electrons. The van der Waals surface area contributed by atoms with E-state index in [1.165, 1.54) is 18.0 Å². The molecule has 2 heterocycles. The van der Waals surface area contributed by atoms with Gasteiger partial charge in [-0.2, -0.15) is 4.98 Å². The molecule has 39 heavy (non-hydrogen) atoms. The maximum Gasteiger partial charge on any atom is 0.312 e. The highest BCUT2D eigenvalue weighted by molar-refractivity contribution is 8.00. The van der Waals surface area contributed by atoms with E-state index in [1.807, 2.05) is 55.5 Å². The zero-order chi connectivity index (χ0) is 27.4. The Morgan fingerprint density at radius 3 is 2.46 bits per heavy atom. The van der Waals surface area contributed by atoms with Gasteiger partial charge < -0.3 is 25.0 Å². The molecule has 2 amide bonds. The van der Waals surface area contributed by atoms with E-state index in [9.17, 15) is 14.4 Å². The summed E-state index contributed by atoms with van der Waals surface area (Å²) >= 11 is 1.43. The van der Waals surface area contributed by atoms with Crippen molar-refractivity contribution in [2.45, 2.75) is 31.1 Å². The Morgan fingerprint density at radius 2 is 1.72 bits per heavy atom. The molecular weight excluding hydrogens is 520 g/mol. The molecule has 0 radical (unpaired) electrons. The molecule has 1 saturated carbocycles. The molecule has 0 spiro atoms. The summed E-state index contributed by atoms with van der Waals surface area (Å²) in [4.78, 5) is 44.3. The second-order valence-electron chi connectivity index (χ2n) is 9.27. The van der Waals surface area contributed by atoms with Gasteiger partial charge in [-0.05, 0) is 79.4 Å². The Morgan fingerprint density at radius 1 is 0.974 bits per heavy atom. The Hall–Kier alpha value is -4.71. The predicted octanol–water partition coefficient (Wildman–Crippen LogP) is 5.07. The van der Waals surface area contributed by atoms with Gasteiger partial charge >= 0.3 is 5.97 Å². The first-order valence-corrected chi connectivity index (χ1v) is 12.9. The lowest BCUT2D eigenvalue weighted by Gasteiger charge is -2.12. The van der Waals surface area contributed by atoms with E-state index in [1.54, 1.807) is 12.1 Å². The average Bonchev–Trinajstić information content (AvgIpc) is 3.48. The predicted molar refractivity (Wildman–Crippen MR) is 146 cm³/mol. The molecule has 0 atom stereocenters. The summed E-state index contributed by atoms with van der Waals surface area (Å²) in [6, 6.07) is 20.0. The van der Waals surface area contributed by atoms with Gasteiger partial charge in [0.1, 0.15) is 17.9 Å². The number of nitrogens with zero attached hydrogens (tertiary/aromatic N) is 3. The minimum absolute atomic E-state index is 0.0542. The van der Waals surface area contributed by atoms with Crippen molar-refractivity contribution in [3.8, 4) is 23.0 Å². The van der Waals surface area contributed by atoms with E-state index in [0.717, 1.165) is 34.7 Å². The number of carboxylic acid groups (broad SMARTS) is 1. The van der Waals surface area contributed by atoms with Gasteiger partial charge in [-0.25, -0.2) is 4.98 Å². The van der Waals surface area contributed by atoms with Crippen LogP contribution >= 0.6 is 11.9 Å². The number of hydrogen-bond donors (Lipinski definition) is 4. The Kier molecular flexibility index (Phi) is 7.28. The summed E-state index contributed by atoms with van der Waals surface area (Å²) in [5.41, 5.74) is 2.45. The van der Waals surface area contributed by atoms with E-state index < -0.39 is 18.3 Å². The van der Waals surface area contributed by atoms with Crippen LogP contribution in [0.4, 0.5) is 17.2 Å². The van der Waals surface area contributed by atoms with Crippen molar-refractivity contribution in [3.05, 3.63) is 66.7 Å². The molecule has 11 nitrogen and oxygen atoms in total. The highest BCUT2D eigenvalue weighted by atomic mass is 32.2. The minimum atomic E-state index is -1.23. The lowest BCUT2D eigenvalue weighted by Crippen LogP contribution is -2.21. The molecule has 2 aromatic heterocycles. The molecule has 4 aromatic rings. The summed E-state index contributed by atoms with van der Waals surface area (Å²) in [6.45, 7) is 1.97. The number of aromatic nitrogens is 3. The van der Waals surface area contributed by atoms with E-state index in [-0.39, 0.29) is 23.0 Å². The Bertz CT molecular complexity index is 1530. The van der Waals surface area contributed by atoms with Crippen LogP contribution in [-0.2, 0) is 14.4 Å². The highest BCUT2D eigenvalue weighted by Crippen LogP contribution is 2.45. The van der Waals surface area contributed by atoms with Crippen LogP contribution in [0.3, 0.4) is 0 Å². The normalized spacial score (nSPS) is 13.4. The maximum absolute atomic E-state index is 12.3. The van der Waals surface area contributed by atoms with Crippen LogP contribution in [0.2, 0.25) is 0 Å². The second kappa shape index (κ2) is 11.0. The van der Waals surface area contributed by atoms with Crippen LogP contribution in [0.15, 0.2) is 76.1 Å². The molecule has 0 unspecified atom stereocenters. The Labute approximate surface area is 227 Å². The van der Waals surface area contributed by atoms with Gasteiger partial charge in [0, 0.05) is 27.2 Å². The lowest BCUT2D eigenvalue weighted by atomic mass is 10.1. The molecule has 1 fully saturated rings. The minimum Gasteiger partial charge on any atom is -0.481 e. The van der Waals surface area contributed by atoms with Crippen molar-refractivity contribution in [2.75, 3.05) is 15.4 Å². The molecule has 1 aliphatic carbocycles. The number of nitrogens with one attached hydrogen (secondary N) is 3. The van der Waals surface area contributed by atoms with E-state index in [2.05, 4.69) is 30.5 Å². The van der Waals surface area contributed by atoms with Crippen molar-refractivity contribution < 1.29 is 24.0 Å². The number of carbonyl (C=O) groups is 3. The molecular formula is C27H24N6O5S. The number of carbonyl (C=O) groups excluding carboxylic acids is 2. The second-order valence-corrected chi connectivity index (χ2v) is 10.2. The zero-order valence-corrected chi connectivity index (χ0v) is 21.6. The van der Waals surface area contributed by atoms with Crippen LogP contribution in [0, 0.1) is 5.41 Å². The van der Waals surface area contributed by atoms with Gasteiger partial charge in [0.15, 0.2) is 0 Å². The van der Waals surface area contributed by atoms with Gasteiger partial charge in [0.2, 0.25) is 17.6 Å². The van der Waals surface area contributed by atoms with Crippen LogP contribution < -0.4 is 15.4 Å². The van der Waals surface area contributed by atoms with Crippen molar-refractivity contribution in [2.24, 2.45) is 5.41 Å². The number of aliphatic carboxylic acids is 1. The van der Waals surface area contributed by atoms with Crippen molar-refractivity contribution in [1.82, 2.24) is 15.1 Å². The molecule has 12 heteroatoms. The highest BCUT2D eigenvalue weighted by Gasteiger charge is 2.44. The third kappa shape index (κ3) is 6.60. The van der Waals surface area contributed by atoms with Crippen molar-refractivity contribution in [1.29, 1.82) is 0 Å². The number of amides is 2. The monoisotopic (exact) mass is 544 g/mol. The summed E-state index contributed by atoms with van der Waals surface area (Å²) in [7, 11) is 0. The number of anilines is 3. The van der Waals surface area contributed by atoms with Gasteiger partial charge in [0.05, 0.1) is 0 Å². The summed E-state index contributed by atoms with van der Waals surface area (Å²) in [5, 5.41) is 18.2. The number of hydrogen-bond acceptors (Lipinski definition) is 9. The smallest absolute Gasteiger partial charge is 0.312 e. The van der Waals surface area contributed by atoms with Gasteiger partial charge in [-0.1, -0.05) is 24.2 Å². The zero-order valence-electron chi connectivity index (χ0n) is 20.8. The molecule has 2 aromatic carbocycles. The molecule has 4 N–H and O–H groups in total. The third-order valence-corrected chi connectivity index (χ3v) is 6.89. The molecule has 0 aliphatic heterocycles. The summed E-state index contributed by atoms with van der Waals surface area (Å²) in [6.07, 6.45) is 1.19. The fourth-order valence-corrected chi connectivity index (χ4v) is 4.17. The van der Waals surface area contributed by atoms with E-state index in [0.29, 0.717) is 11.5 Å². The number of benzene rings is 2. The standard InChI is InChI=1S/C27H24N6O5S/c1-27(12-13-27)26(37)28-17-4-2-5-18(14-17)33-39-19-10-8-16(9-11-19)24-31-25(38-32-24)20-6-3-7-21(29-20)30-22(34)15-23(35)36/h2-11,14,33H,12-13,15H2,1H3,(H,28,37)(H,35,36)(H,29,30,34). The van der Waals surface area contributed by atoms with E-state index in [4.69, 9.17) is 9.63 Å². The summed E-state index contributed by atoms with van der Waals surface area (Å²) in [5.74, 6) is -1.17. The van der Waals surface area contributed by atoms with Gasteiger partial charge in [-0.15, -0.1) is 0 Å². The number of carboxylic acids is 1. The molecule has 1 aliphatic rings. The van der Waals surface area contributed by atoms with Gasteiger partial charge in [0.25, 0.3) is 5.89 Å². The lowest BCUT2D eigenvalue weighted by molar-refractivity contribution is -0.139. The topological polar surface area (TPSA) is 159 Å². The SMILES string of the molecule is CC1(C(=O)Nc2cccc(NSc3ccc(-c4noc(-c5cccc(NC(=O)CC(=O)O)n5)n4)cc3)c2)CC1. The average molecular weight is 545 g/mol. The maximum atomic E-state index is 12.3. The fraction of sp³-hybridized carbons (Fsp3) is 0.185. The van der Waals surface area contributed by atoms with Crippen LogP contribution in [0.25, 0.3) is 23.0 Å². The molecule has 0 saturated heterocycles. The summed E-state index contributed by atoms with van der Waals surface area (Å²) < 4.78 is 8.64. The van der Waals surface area contributed by atoms with Crippen molar-refractivity contribution >= 4 is 46.9 Å². The first-order chi connectivity index (χ1) is 18.8. The first kappa shape index (κ1) is 25.9. The quantitative estimate of drug-likeness (QED) is 0.157. The molecule has 5 rings (SSSR count). The first-order valence-electron chi connectivity index (χ1n) is 12.0. The van der Waals surface area contributed by atoms with E-state index >= 15 is 0 Å². The molecule has 0 bridgehead atoms. The largest absolute Gasteiger partial charge is 0.481 e. The number of rotatable bonds is 10. The van der Waals surface area contributed by atoms with Crippen LogP contribution in [-0.4, -0.2) is 38.0 Å². The van der Waals surface area contributed by atoms with Crippen LogP contribution in [0.1, 0.15) is 26.2 Å². The Balaban J connectivity index is 1.19. The fourth-order valence-electron chi connectivity index (χ4n) is 3.54. The third-order valence-electron chi connectivity index (χ3n) is 6.04.